The van der Waals surface area contributed by atoms with Gasteiger partial charge in [0.15, 0.2) is 0 Å². The van der Waals surface area contributed by atoms with Gasteiger partial charge in [-0.25, -0.2) is 4.90 Å². The average Bonchev–Trinajstić information content (AvgIpc) is 2.93. The minimum absolute atomic E-state index is 0.206. The predicted molar refractivity (Wildman–Crippen MR) is 107 cm³/mol. The fourth-order valence-electron chi connectivity index (χ4n) is 4.10. The molecule has 27 heavy (non-hydrogen) atoms. The lowest BCUT2D eigenvalue weighted by Gasteiger charge is -2.33. The summed E-state index contributed by atoms with van der Waals surface area (Å²) in [5, 5.41) is 0. The Morgan fingerprint density at radius 1 is 0.926 bits per heavy atom. The summed E-state index contributed by atoms with van der Waals surface area (Å²) in [4.78, 5) is 30.4. The van der Waals surface area contributed by atoms with Gasteiger partial charge in [0.1, 0.15) is 5.70 Å². The molecular formula is C23H24N2O2. The molecule has 0 bridgehead atoms. The molecule has 138 valence electrons. The Morgan fingerprint density at radius 2 is 1.63 bits per heavy atom. The first-order valence-corrected chi connectivity index (χ1v) is 9.57. The van der Waals surface area contributed by atoms with Crippen molar-refractivity contribution in [2.45, 2.75) is 26.7 Å². The number of aryl methyl sites for hydroxylation is 1. The number of hydrogen-bond donors (Lipinski definition) is 0. The van der Waals surface area contributed by atoms with Gasteiger partial charge in [-0.2, -0.15) is 0 Å². The number of nitrogens with zero attached hydrogens (tertiary/aromatic N) is 2. The van der Waals surface area contributed by atoms with Crippen LogP contribution in [0.5, 0.6) is 0 Å². The Morgan fingerprint density at radius 3 is 2.33 bits per heavy atom. The highest BCUT2D eigenvalue weighted by Crippen LogP contribution is 2.37. The third-order valence-corrected chi connectivity index (χ3v) is 5.45. The summed E-state index contributed by atoms with van der Waals surface area (Å²) in [5.41, 5.74) is 3.47. The molecule has 2 amide bonds. The summed E-state index contributed by atoms with van der Waals surface area (Å²) in [6.07, 6.45) is 2.20. The van der Waals surface area contributed by atoms with Gasteiger partial charge < -0.3 is 4.90 Å². The molecule has 2 aliphatic rings. The number of imide groups is 1. The Bertz CT molecular complexity index is 917. The van der Waals surface area contributed by atoms with Crippen LogP contribution in [0, 0.1) is 12.8 Å². The number of carbonyl (C=O) groups excluding carboxylic acids is 2. The smallest absolute Gasteiger partial charge is 0.282 e. The van der Waals surface area contributed by atoms with E-state index in [1.54, 1.807) is 0 Å². The number of rotatable bonds is 3. The second-order valence-corrected chi connectivity index (χ2v) is 7.52. The van der Waals surface area contributed by atoms with Crippen molar-refractivity contribution in [3.05, 3.63) is 71.4 Å². The van der Waals surface area contributed by atoms with E-state index >= 15 is 0 Å². The first kappa shape index (κ1) is 17.5. The fourth-order valence-corrected chi connectivity index (χ4v) is 4.10. The van der Waals surface area contributed by atoms with Gasteiger partial charge in [0.05, 0.1) is 11.3 Å². The molecule has 4 heteroatoms. The largest absolute Gasteiger partial charge is 0.366 e. The van der Waals surface area contributed by atoms with Crippen molar-refractivity contribution in [2.24, 2.45) is 5.92 Å². The van der Waals surface area contributed by atoms with Crippen LogP contribution >= 0.6 is 0 Å². The number of benzene rings is 2. The van der Waals surface area contributed by atoms with Crippen LogP contribution in [0.25, 0.3) is 5.57 Å². The van der Waals surface area contributed by atoms with Crippen molar-refractivity contribution in [3.63, 3.8) is 0 Å². The highest BCUT2D eigenvalue weighted by atomic mass is 16.2. The van der Waals surface area contributed by atoms with E-state index in [4.69, 9.17) is 0 Å². The third-order valence-electron chi connectivity index (χ3n) is 5.45. The van der Waals surface area contributed by atoms with E-state index in [9.17, 15) is 9.59 Å². The number of hydrogen-bond acceptors (Lipinski definition) is 3. The molecule has 4 nitrogen and oxygen atoms in total. The second kappa shape index (κ2) is 7.03. The molecule has 2 heterocycles. The SMILES string of the molecule is Cc1ccccc1N1C(=O)C(c2ccccc2)=C(N2CCCC(C)C2)C1=O. The van der Waals surface area contributed by atoms with Crippen molar-refractivity contribution >= 4 is 23.1 Å². The molecule has 1 saturated heterocycles. The lowest BCUT2D eigenvalue weighted by molar-refractivity contribution is -0.120. The molecule has 0 saturated carbocycles. The third kappa shape index (κ3) is 3.05. The predicted octanol–water partition coefficient (Wildman–Crippen LogP) is 4.01. The highest BCUT2D eigenvalue weighted by molar-refractivity contribution is 6.45. The van der Waals surface area contributed by atoms with Crippen LogP contribution in [0.2, 0.25) is 0 Å². The zero-order valence-corrected chi connectivity index (χ0v) is 15.8. The van der Waals surface area contributed by atoms with Gasteiger partial charge in [0.2, 0.25) is 0 Å². The number of piperidine rings is 1. The van der Waals surface area contributed by atoms with Gasteiger partial charge in [-0.3, -0.25) is 9.59 Å². The number of para-hydroxylation sites is 1. The average molecular weight is 360 g/mol. The lowest BCUT2D eigenvalue weighted by atomic mass is 9.98. The van der Waals surface area contributed by atoms with Gasteiger partial charge in [-0.1, -0.05) is 55.5 Å². The van der Waals surface area contributed by atoms with Gasteiger partial charge in [0, 0.05) is 13.1 Å². The van der Waals surface area contributed by atoms with Gasteiger partial charge in [0.25, 0.3) is 11.8 Å². The zero-order valence-electron chi connectivity index (χ0n) is 15.8. The molecule has 1 fully saturated rings. The van der Waals surface area contributed by atoms with Crippen LogP contribution in [0.15, 0.2) is 60.3 Å². The molecule has 2 aromatic carbocycles. The van der Waals surface area contributed by atoms with Crippen molar-refractivity contribution in [1.82, 2.24) is 4.90 Å². The molecule has 4 rings (SSSR count). The molecule has 0 aliphatic carbocycles. The standard InChI is InChI=1S/C23H24N2O2/c1-16-9-8-14-24(15-16)21-20(18-11-4-3-5-12-18)22(26)25(23(21)27)19-13-7-6-10-17(19)2/h3-7,10-13,16H,8-9,14-15H2,1-2H3. The van der Waals surface area contributed by atoms with Gasteiger partial charge in [-0.05, 0) is 42.9 Å². The van der Waals surface area contributed by atoms with E-state index in [0.717, 1.165) is 37.1 Å². The van der Waals surface area contributed by atoms with E-state index in [1.807, 2.05) is 61.5 Å². The molecule has 2 aliphatic heterocycles. The number of amides is 2. The summed E-state index contributed by atoms with van der Waals surface area (Å²) >= 11 is 0. The number of anilines is 1. The van der Waals surface area contributed by atoms with E-state index in [1.165, 1.54) is 4.90 Å². The topological polar surface area (TPSA) is 40.6 Å². The van der Waals surface area contributed by atoms with Crippen LogP contribution in [0.3, 0.4) is 0 Å². The minimum atomic E-state index is -0.228. The Balaban J connectivity index is 1.84. The molecule has 0 N–H and O–H groups in total. The first-order valence-electron chi connectivity index (χ1n) is 9.57. The minimum Gasteiger partial charge on any atom is -0.366 e. The van der Waals surface area contributed by atoms with Crippen molar-refractivity contribution < 1.29 is 9.59 Å². The maximum atomic E-state index is 13.5. The Hall–Kier alpha value is -2.88. The highest BCUT2D eigenvalue weighted by Gasteiger charge is 2.43. The zero-order chi connectivity index (χ0) is 19.0. The van der Waals surface area contributed by atoms with Crippen LogP contribution in [-0.2, 0) is 9.59 Å². The van der Waals surface area contributed by atoms with Gasteiger partial charge >= 0.3 is 0 Å². The van der Waals surface area contributed by atoms with E-state index in [-0.39, 0.29) is 11.8 Å². The first-order chi connectivity index (χ1) is 13.1. The molecule has 0 aromatic heterocycles. The fraction of sp³-hybridized carbons (Fsp3) is 0.304. The molecule has 0 spiro atoms. The maximum absolute atomic E-state index is 13.5. The normalized spacial score (nSPS) is 20.6. The molecule has 2 aromatic rings. The summed E-state index contributed by atoms with van der Waals surface area (Å²) in [6, 6.07) is 17.1. The number of likely N-dealkylation sites (tertiary alicyclic amines) is 1. The van der Waals surface area contributed by atoms with Gasteiger partial charge in [-0.15, -0.1) is 0 Å². The van der Waals surface area contributed by atoms with Crippen LogP contribution in [0.4, 0.5) is 5.69 Å². The monoisotopic (exact) mass is 360 g/mol. The summed E-state index contributed by atoms with van der Waals surface area (Å²) in [6.45, 7) is 5.76. The van der Waals surface area contributed by atoms with E-state index < -0.39 is 0 Å². The van der Waals surface area contributed by atoms with E-state index in [0.29, 0.717) is 22.9 Å². The summed E-state index contributed by atoms with van der Waals surface area (Å²) in [5.74, 6) is 0.0784. The summed E-state index contributed by atoms with van der Waals surface area (Å²) < 4.78 is 0. The van der Waals surface area contributed by atoms with E-state index in [2.05, 4.69) is 11.8 Å². The van der Waals surface area contributed by atoms with Crippen molar-refractivity contribution in [3.8, 4) is 0 Å². The Kier molecular flexibility index (Phi) is 4.56. The van der Waals surface area contributed by atoms with Crippen molar-refractivity contribution in [2.75, 3.05) is 18.0 Å². The molecule has 1 atom stereocenters. The Labute approximate surface area is 160 Å². The summed E-state index contributed by atoms with van der Waals surface area (Å²) in [7, 11) is 0. The van der Waals surface area contributed by atoms with Crippen LogP contribution in [0.1, 0.15) is 30.9 Å². The molecular weight excluding hydrogens is 336 g/mol. The molecule has 1 unspecified atom stereocenters. The quantitative estimate of drug-likeness (QED) is 0.777. The number of carbonyl (C=O) groups is 2. The van der Waals surface area contributed by atoms with Crippen LogP contribution in [-0.4, -0.2) is 29.8 Å². The molecule has 0 radical (unpaired) electrons. The lowest BCUT2D eigenvalue weighted by Crippen LogP contribution is -2.39. The maximum Gasteiger partial charge on any atom is 0.282 e. The van der Waals surface area contributed by atoms with Crippen LogP contribution < -0.4 is 4.90 Å². The van der Waals surface area contributed by atoms with Crippen molar-refractivity contribution in [1.29, 1.82) is 0 Å². The second-order valence-electron chi connectivity index (χ2n) is 7.52.